The third kappa shape index (κ3) is 4.27. The van der Waals surface area contributed by atoms with Crippen LogP contribution in [0.5, 0.6) is 0 Å². The molecule has 1 amide bonds. The quantitative estimate of drug-likeness (QED) is 0.875. The van der Waals surface area contributed by atoms with E-state index in [0.717, 1.165) is 31.1 Å². The second kappa shape index (κ2) is 7.80. The van der Waals surface area contributed by atoms with E-state index in [1.807, 2.05) is 29.9 Å². The van der Waals surface area contributed by atoms with Gasteiger partial charge in [0.05, 0.1) is 12.6 Å². The minimum absolute atomic E-state index is 0.0158. The summed E-state index contributed by atoms with van der Waals surface area (Å²) in [6.07, 6.45) is 3.75. The Bertz CT molecular complexity index is 724. The van der Waals surface area contributed by atoms with Gasteiger partial charge in [-0.25, -0.2) is 4.98 Å². The molecule has 1 aromatic carbocycles. The van der Waals surface area contributed by atoms with Gasteiger partial charge in [0, 0.05) is 44.8 Å². The maximum absolute atomic E-state index is 12.6. The van der Waals surface area contributed by atoms with Crippen LogP contribution in [-0.4, -0.2) is 46.5 Å². The van der Waals surface area contributed by atoms with Gasteiger partial charge in [0.15, 0.2) is 0 Å². The lowest BCUT2D eigenvalue weighted by Crippen LogP contribution is -2.49. The number of anilines is 1. The molecule has 1 aliphatic heterocycles. The highest BCUT2D eigenvalue weighted by atomic mass is 16.2. The smallest absolute Gasteiger partial charge is 0.238 e. The molecule has 0 radical (unpaired) electrons. The Morgan fingerprint density at radius 3 is 3.00 bits per heavy atom. The zero-order chi connectivity index (χ0) is 17.8. The van der Waals surface area contributed by atoms with E-state index >= 15 is 0 Å². The molecule has 0 spiro atoms. The normalized spacial score (nSPS) is 18.5. The number of hydrogen-bond acceptors (Lipinski definition) is 4. The highest BCUT2D eigenvalue weighted by molar-refractivity contribution is 5.92. The van der Waals surface area contributed by atoms with Gasteiger partial charge in [0.25, 0.3) is 0 Å². The van der Waals surface area contributed by atoms with Crippen LogP contribution >= 0.6 is 0 Å². The zero-order valence-corrected chi connectivity index (χ0v) is 15.2. The fourth-order valence-corrected chi connectivity index (χ4v) is 3.25. The minimum atomic E-state index is 0.0158. The van der Waals surface area contributed by atoms with Crippen LogP contribution in [0.25, 0.3) is 0 Å². The van der Waals surface area contributed by atoms with Crippen LogP contribution in [0.3, 0.4) is 0 Å². The number of piperazine rings is 1. The summed E-state index contributed by atoms with van der Waals surface area (Å²) in [5.41, 5.74) is 2.09. The summed E-state index contributed by atoms with van der Waals surface area (Å²) in [5, 5.41) is 6.43. The van der Waals surface area contributed by atoms with Crippen LogP contribution in [0.4, 0.5) is 5.69 Å². The van der Waals surface area contributed by atoms with E-state index in [1.165, 1.54) is 5.56 Å². The Kier molecular flexibility index (Phi) is 5.50. The highest BCUT2D eigenvalue weighted by Crippen LogP contribution is 2.21. The van der Waals surface area contributed by atoms with Crippen molar-refractivity contribution in [1.29, 1.82) is 0 Å². The van der Waals surface area contributed by atoms with Gasteiger partial charge < -0.3 is 15.2 Å². The van der Waals surface area contributed by atoms with E-state index in [2.05, 4.69) is 46.5 Å². The first kappa shape index (κ1) is 17.6. The number of aromatic nitrogens is 2. The van der Waals surface area contributed by atoms with Crippen LogP contribution in [0.2, 0.25) is 0 Å². The van der Waals surface area contributed by atoms with Crippen molar-refractivity contribution in [3.63, 3.8) is 0 Å². The van der Waals surface area contributed by atoms with Crippen molar-refractivity contribution in [1.82, 2.24) is 19.8 Å². The predicted molar refractivity (Wildman–Crippen MR) is 99.6 cm³/mol. The molecule has 1 aromatic heterocycles. The van der Waals surface area contributed by atoms with Crippen LogP contribution in [0, 0.1) is 0 Å². The third-order valence-electron chi connectivity index (χ3n) is 4.69. The van der Waals surface area contributed by atoms with Crippen molar-refractivity contribution in [2.75, 3.05) is 31.5 Å². The summed E-state index contributed by atoms with van der Waals surface area (Å²) in [6, 6.07) is 8.19. The molecule has 0 saturated carbocycles. The lowest BCUT2D eigenvalue weighted by Gasteiger charge is -2.35. The van der Waals surface area contributed by atoms with E-state index in [-0.39, 0.29) is 11.9 Å². The van der Waals surface area contributed by atoms with Crippen LogP contribution < -0.4 is 10.6 Å². The molecule has 6 nitrogen and oxygen atoms in total. The van der Waals surface area contributed by atoms with Crippen molar-refractivity contribution >= 4 is 11.6 Å². The maximum Gasteiger partial charge on any atom is 0.238 e. The van der Waals surface area contributed by atoms with E-state index in [4.69, 9.17) is 0 Å². The monoisotopic (exact) mass is 341 g/mol. The molecule has 25 heavy (non-hydrogen) atoms. The Hall–Kier alpha value is -2.18. The van der Waals surface area contributed by atoms with Gasteiger partial charge in [0.2, 0.25) is 5.91 Å². The number of amides is 1. The molecule has 1 aliphatic rings. The average molecular weight is 341 g/mol. The fraction of sp³-hybridized carbons (Fsp3) is 0.474. The van der Waals surface area contributed by atoms with Gasteiger partial charge in [-0.1, -0.05) is 26.0 Å². The number of rotatable bonds is 5. The summed E-state index contributed by atoms with van der Waals surface area (Å²) in [4.78, 5) is 19.2. The van der Waals surface area contributed by atoms with Gasteiger partial charge in [-0.05, 0) is 23.6 Å². The molecule has 6 heteroatoms. The first-order chi connectivity index (χ1) is 12.0. The number of imidazole rings is 1. The second-order valence-electron chi connectivity index (χ2n) is 6.92. The molecule has 1 fully saturated rings. The molecular formula is C19H27N5O. The number of carbonyl (C=O) groups excluding carboxylic acids is 1. The fourth-order valence-electron chi connectivity index (χ4n) is 3.25. The predicted octanol–water partition coefficient (Wildman–Crippen LogP) is 2.13. The Labute approximate surface area is 149 Å². The van der Waals surface area contributed by atoms with Crippen LogP contribution in [0.15, 0.2) is 36.7 Å². The molecule has 3 rings (SSSR count). The zero-order valence-electron chi connectivity index (χ0n) is 15.2. The Morgan fingerprint density at radius 1 is 1.44 bits per heavy atom. The minimum Gasteiger partial charge on any atom is -0.337 e. The third-order valence-corrected chi connectivity index (χ3v) is 4.69. The summed E-state index contributed by atoms with van der Waals surface area (Å²) in [5.74, 6) is 1.45. The van der Waals surface area contributed by atoms with Crippen LogP contribution in [-0.2, 0) is 11.8 Å². The molecule has 134 valence electrons. The maximum atomic E-state index is 12.6. The summed E-state index contributed by atoms with van der Waals surface area (Å²) in [7, 11) is 1.99. The number of nitrogens with zero attached hydrogens (tertiary/aromatic N) is 3. The van der Waals surface area contributed by atoms with E-state index in [1.54, 1.807) is 6.20 Å². The van der Waals surface area contributed by atoms with Crippen molar-refractivity contribution in [2.24, 2.45) is 7.05 Å². The van der Waals surface area contributed by atoms with Gasteiger partial charge >= 0.3 is 0 Å². The van der Waals surface area contributed by atoms with Gasteiger partial charge in [-0.15, -0.1) is 0 Å². The molecule has 2 aromatic rings. The van der Waals surface area contributed by atoms with Gasteiger partial charge in [-0.2, -0.15) is 0 Å². The molecule has 0 bridgehead atoms. The standard InChI is InChI=1S/C19H27N5O/c1-14(2)15-5-4-6-16(11-15)22-18(25)13-24-10-7-20-12-17(24)19-21-8-9-23(19)3/h4-6,8-9,11,14,17,20H,7,10,12-13H2,1-3H3,(H,22,25). The van der Waals surface area contributed by atoms with Crippen molar-refractivity contribution in [3.8, 4) is 0 Å². The SMILES string of the molecule is CC(C)c1cccc(NC(=O)CN2CCNCC2c2nccn2C)c1. The number of hydrogen-bond donors (Lipinski definition) is 2. The first-order valence-corrected chi connectivity index (χ1v) is 8.86. The van der Waals surface area contributed by atoms with Gasteiger partial charge in [-0.3, -0.25) is 9.69 Å². The topological polar surface area (TPSA) is 62.2 Å². The number of aryl methyl sites for hydroxylation is 1. The van der Waals surface area contributed by atoms with E-state index < -0.39 is 0 Å². The second-order valence-corrected chi connectivity index (χ2v) is 6.92. The first-order valence-electron chi connectivity index (χ1n) is 8.86. The Morgan fingerprint density at radius 2 is 2.28 bits per heavy atom. The van der Waals surface area contributed by atoms with E-state index in [9.17, 15) is 4.79 Å². The summed E-state index contributed by atoms with van der Waals surface area (Å²) in [6.45, 7) is 7.19. The lowest BCUT2D eigenvalue weighted by atomic mass is 10.0. The number of carbonyl (C=O) groups is 1. The molecule has 2 N–H and O–H groups in total. The Balaban J connectivity index is 1.66. The molecular weight excluding hydrogens is 314 g/mol. The molecule has 0 aliphatic carbocycles. The molecule has 2 heterocycles. The van der Waals surface area contributed by atoms with Crippen LogP contribution in [0.1, 0.15) is 37.2 Å². The lowest BCUT2D eigenvalue weighted by molar-refractivity contribution is -0.118. The highest BCUT2D eigenvalue weighted by Gasteiger charge is 2.28. The summed E-state index contributed by atoms with van der Waals surface area (Å²) >= 11 is 0. The largest absolute Gasteiger partial charge is 0.337 e. The van der Waals surface area contributed by atoms with Crippen molar-refractivity contribution < 1.29 is 4.79 Å². The summed E-state index contributed by atoms with van der Waals surface area (Å²) < 4.78 is 2.02. The van der Waals surface area contributed by atoms with Crippen molar-refractivity contribution in [3.05, 3.63) is 48.0 Å². The van der Waals surface area contributed by atoms with Crippen molar-refractivity contribution in [2.45, 2.75) is 25.8 Å². The van der Waals surface area contributed by atoms with E-state index in [0.29, 0.717) is 12.5 Å². The molecule has 1 saturated heterocycles. The molecule has 1 atom stereocenters. The average Bonchev–Trinajstić information content (AvgIpc) is 3.01. The number of benzene rings is 1. The molecule has 1 unspecified atom stereocenters. The van der Waals surface area contributed by atoms with Gasteiger partial charge in [0.1, 0.15) is 5.82 Å². The number of nitrogens with one attached hydrogen (secondary N) is 2.